The van der Waals surface area contributed by atoms with Crippen LogP contribution in [0, 0.1) is 11.3 Å². The van der Waals surface area contributed by atoms with E-state index in [4.69, 9.17) is 10.00 Å². The van der Waals surface area contributed by atoms with Crippen LogP contribution in [0.2, 0.25) is 0 Å². The molecule has 0 saturated heterocycles. The number of ether oxygens (including phenoxy) is 1. The molecule has 0 aliphatic carbocycles. The number of rotatable bonds is 2. The zero-order valence-electron chi connectivity index (χ0n) is 9.27. The zero-order valence-corrected chi connectivity index (χ0v) is 9.27. The standard InChI is InChI=1S/C13H12N2O/c1-13(2,9-14)16-11-7-3-5-10-6-4-8-15-12(10)11/h3-8H,1-2H3. The summed E-state index contributed by atoms with van der Waals surface area (Å²) in [5, 5.41) is 9.94. The second-order valence-corrected chi connectivity index (χ2v) is 4.06. The monoisotopic (exact) mass is 212 g/mol. The van der Waals surface area contributed by atoms with Crippen LogP contribution in [-0.2, 0) is 0 Å². The lowest BCUT2D eigenvalue weighted by atomic mass is 10.1. The van der Waals surface area contributed by atoms with E-state index in [0.29, 0.717) is 5.75 Å². The molecule has 80 valence electrons. The van der Waals surface area contributed by atoms with Gasteiger partial charge in [0, 0.05) is 11.6 Å². The number of para-hydroxylation sites is 1. The zero-order chi connectivity index (χ0) is 11.6. The van der Waals surface area contributed by atoms with E-state index in [0.717, 1.165) is 10.9 Å². The molecule has 2 aromatic rings. The Bertz CT molecular complexity index is 550. The Balaban J connectivity index is 2.50. The van der Waals surface area contributed by atoms with Gasteiger partial charge in [-0.2, -0.15) is 5.26 Å². The van der Waals surface area contributed by atoms with Crippen LogP contribution in [0.4, 0.5) is 0 Å². The Labute approximate surface area is 94.3 Å². The van der Waals surface area contributed by atoms with Crippen LogP contribution >= 0.6 is 0 Å². The van der Waals surface area contributed by atoms with Crippen LogP contribution in [0.15, 0.2) is 36.5 Å². The van der Waals surface area contributed by atoms with Gasteiger partial charge in [-0.3, -0.25) is 4.98 Å². The molecule has 2 rings (SSSR count). The summed E-state index contributed by atoms with van der Waals surface area (Å²) in [7, 11) is 0. The molecule has 1 heterocycles. The third-order valence-corrected chi connectivity index (χ3v) is 2.23. The molecule has 0 fully saturated rings. The van der Waals surface area contributed by atoms with E-state index in [-0.39, 0.29) is 0 Å². The number of aromatic nitrogens is 1. The van der Waals surface area contributed by atoms with Gasteiger partial charge in [0.25, 0.3) is 0 Å². The minimum Gasteiger partial charge on any atom is -0.471 e. The number of fused-ring (bicyclic) bond motifs is 1. The van der Waals surface area contributed by atoms with Crippen LogP contribution in [0.25, 0.3) is 10.9 Å². The lowest BCUT2D eigenvalue weighted by Gasteiger charge is -2.18. The molecule has 0 bridgehead atoms. The van der Waals surface area contributed by atoms with Crippen molar-refractivity contribution in [3.8, 4) is 11.8 Å². The molecule has 0 amide bonds. The number of pyridine rings is 1. The van der Waals surface area contributed by atoms with E-state index in [1.54, 1.807) is 20.0 Å². The molecule has 16 heavy (non-hydrogen) atoms. The minimum absolute atomic E-state index is 0.643. The normalized spacial score (nSPS) is 11.1. The Morgan fingerprint density at radius 1 is 1.25 bits per heavy atom. The molecule has 0 spiro atoms. The lowest BCUT2D eigenvalue weighted by molar-refractivity contribution is 0.172. The van der Waals surface area contributed by atoms with Crippen LogP contribution in [0.1, 0.15) is 13.8 Å². The van der Waals surface area contributed by atoms with Crippen molar-refractivity contribution >= 4 is 10.9 Å². The summed E-state index contributed by atoms with van der Waals surface area (Å²) in [5.74, 6) is 0.643. The molecule has 1 aromatic heterocycles. The summed E-state index contributed by atoms with van der Waals surface area (Å²) in [6.45, 7) is 3.46. The summed E-state index contributed by atoms with van der Waals surface area (Å²) in [6, 6.07) is 11.6. The van der Waals surface area contributed by atoms with Crippen molar-refractivity contribution in [3.63, 3.8) is 0 Å². The van der Waals surface area contributed by atoms with E-state index in [1.807, 2.05) is 30.3 Å². The number of hydrogen-bond acceptors (Lipinski definition) is 3. The van der Waals surface area contributed by atoms with Crippen molar-refractivity contribution < 1.29 is 4.74 Å². The maximum atomic E-state index is 8.93. The molecule has 0 unspecified atom stereocenters. The summed E-state index contributed by atoms with van der Waals surface area (Å²) in [6.07, 6.45) is 1.72. The fourth-order valence-electron chi connectivity index (χ4n) is 1.46. The minimum atomic E-state index is -0.841. The topological polar surface area (TPSA) is 45.9 Å². The van der Waals surface area contributed by atoms with Crippen molar-refractivity contribution in [1.29, 1.82) is 5.26 Å². The second kappa shape index (κ2) is 3.82. The first kappa shape index (κ1) is 10.4. The van der Waals surface area contributed by atoms with Gasteiger partial charge in [0.05, 0.1) is 0 Å². The molecule has 0 aliphatic rings. The Morgan fingerprint density at radius 3 is 2.75 bits per heavy atom. The molecular weight excluding hydrogens is 200 g/mol. The summed E-state index contributed by atoms with van der Waals surface area (Å²) in [4.78, 5) is 4.27. The van der Waals surface area contributed by atoms with Crippen LogP contribution in [0.5, 0.6) is 5.75 Å². The Morgan fingerprint density at radius 2 is 2.00 bits per heavy atom. The summed E-state index contributed by atoms with van der Waals surface area (Å²) in [5.41, 5.74) is -0.0560. The average Bonchev–Trinajstić information content (AvgIpc) is 2.29. The summed E-state index contributed by atoms with van der Waals surface area (Å²) >= 11 is 0. The highest BCUT2D eigenvalue weighted by Gasteiger charge is 2.19. The third-order valence-electron chi connectivity index (χ3n) is 2.23. The molecule has 3 nitrogen and oxygen atoms in total. The predicted molar refractivity (Wildman–Crippen MR) is 62.1 cm³/mol. The van der Waals surface area contributed by atoms with E-state index in [9.17, 15) is 0 Å². The van der Waals surface area contributed by atoms with Gasteiger partial charge in [-0.15, -0.1) is 0 Å². The smallest absolute Gasteiger partial charge is 0.188 e. The van der Waals surface area contributed by atoms with Crippen molar-refractivity contribution in [2.75, 3.05) is 0 Å². The van der Waals surface area contributed by atoms with Crippen LogP contribution in [-0.4, -0.2) is 10.6 Å². The van der Waals surface area contributed by atoms with Gasteiger partial charge in [0.1, 0.15) is 17.3 Å². The SMILES string of the molecule is CC(C)(C#N)Oc1cccc2cccnc12. The molecule has 0 atom stereocenters. The summed E-state index contributed by atoms with van der Waals surface area (Å²) < 4.78 is 5.64. The van der Waals surface area contributed by atoms with Gasteiger partial charge in [-0.05, 0) is 26.0 Å². The fourth-order valence-corrected chi connectivity index (χ4v) is 1.46. The quantitative estimate of drug-likeness (QED) is 0.768. The van der Waals surface area contributed by atoms with Crippen LogP contribution < -0.4 is 4.74 Å². The molecule has 0 radical (unpaired) electrons. The molecular formula is C13H12N2O. The highest BCUT2D eigenvalue weighted by molar-refractivity contribution is 5.84. The Hall–Kier alpha value is -2.08. The third kappa shape index (κ3) is 1.96. The average molecular weight is 212 g/mol. The Kier molecular flexibility index (Phi) is 2.49. The molecule has 0 N–H and O–H groups in total. The molecule has 1 aromatic carbocycles. The maximum absolute atomic E-state index is 8.93. The van der Waals surface area contributed by atoms with E-state index in [2.05, 4.69) is 11.1 Å². The molecule has 3 heteroatoms. The highest BCUT2D eigenvalue weighted by atomic mass is 16.5. The predicted octanol–water partition coefficient (Wildman–Crippen LogP) is 2.92. The van der Waals surface area contributed by atoms with Gasteiger partial charge < -0.3 is 4.74 Å². The van der Waals surface area contributed by atoms with Gasteiger partial charge in [-0.1, -0.05) is 18.2 Å². The van der Waals surface area contributed by atoms with Gasteiger partial charge in [0.15, 0.2) is 5.60 Å². The van der Waals surface area contributed by atoms with Crippen molar-refractivity contribution in [2.45, 2.75) is 19.4 Å². The number of nitrogens with zero attached hydrogens (tertiary/aromatic N) is 2. The first-order valence-electron chi connectivity index (χ1n) is 5.06. The second-order valence-electron chi connectivity index (χ2n) is 4.06. The fraction of sp³-hybridized carbons (Fsp3) is 0.231. The van der Waals surface area contributed by atoms with E-state index in [1.165, 1.54) is 0 Å². The van der Waals surface area contributed by atoms with Crippen LogP contribution in [0.3, 0.4) is 0 Å². The van der Waals surface area contributed by atoms with E-state index >= 15 is 0 Å². The number of hydrogen-bond donors (Lipinski definition) is 0. The van der Waals surface area contributed by atoms with Gasteiger partial charge >= 0.3 is 0 Å². The molecule has 0 aliphatic heterocycles. The molecule has 0 saturated carbocycles. The number of nitriles is 1. The largest absolute Gasteiger partial charge is 0.471 e. The first-order valence-corrected chi connectivity index (χ1v) is 5.06. The maximum Gasteiger partial charge on any atom is 0.188 e. The van der Waals surface area contributed by atoms with E-state index < -0.39 is 5.60 Å². The van der Waals surface area contributed by atoms with Gasteiger partial charge in [0.2, 0.25) is 0 Å². The lowest BCUT2D eigenvalue weighted by Crippen LogP contribution is -2.25. The van der Waals surface area contributed by atoms with Crippen molar-refractivity contribution in [3.05, 3.63) is 36.5 Å². The van der Waals surface area contributed by atoms with Crippen molar-refractivity contribution in [1.82, 2.24) is 4.98 Å². The highest BCUT2D eigenvalue weighted by Crippen LogP contribution is 2.26. The number of benzene rings is 1. The van der Waals surface area contributed by atoms with Gasteiger partial charge in [-0.25, -0.2) is 0 Å². The van der Waals surface area contributed by atoms with Crippen molar-refractivity contribution in [2.24, 2.45) is 0 Å². The first-order chi connectivity index (χ1) is 7.62.